The van der Waals surface area contributed by atoms with Gasteiger partial charge < -0.3 is 19.1 Å². The van der Waals surface area contributed by atoms with Crippen molar-refractivity contribution in [1.29, 1.82) is 10.5 Å². The van der Waals surface area contributed by atoms with E-state index in [4.69, 9.17) is 4.42 Å². The number of amides is 1. The number of hydrogen-bond acceptors (Lipinski definition) is 8. The molecule has 0 saturated carbocycles. The summed E-state index contributed by atoms with van der Waals surface area (Å²) in [7, 11) is 0. The highest BCUT2D eigenvalue weighted by Crippen LogP contribution is 2.26. The van der Waals surface area contributed by atoms with Gasteiger partial charge in [-0.1, -0.05) is 18.2 Å². The average molecular weight is 524 g/mol. The number of anilines is 2. The summed E-state index contributed by atoms with van der Waals surface area (Å²) in [6.45, 7) is 12.4. The quantitative estimate of drug-likeness (QED) is 0.500. The van der Waals surface area contributed by atoms with E-state index in [1.165, 1.54) is 11.1 Å². The SMILES string of the molecule is Cc1nc(C#N)c(N2CCN(C(=O)c3cc(CN4CCN(c5ccccc5C#N)CC4)c(C)cc3C)CC2)o1. The number of nitrogens with zero attached hydrogens (tertiary/aromatic N) is 7. The lowest BCUT2D eigenvalue weighted by Gasteiger charge is -2.37. The molecule has 0 atom stereocenters. The molecule has 9 heteroatoms. The molecule has 0 aliphatic carbocycles. The Kier molecular flexibility index (Phi) is 7.53. The molecule has 5 rings (SSSR count). The van der Waals surface area contributed by atoms with Crippen LogP contribution in [0.1, 0.15) is 44.2 Å². The molecule has 2 fully saturated rings. The number of para-hydroxylation sites is 1. The molecule has 9 nitrogen and oxygen atoms in total. The van der Waals surface area contributed by atoms with Crippen LogP contribution in [-0.4, -0.2) is 73.0 Å². The summed E-state index contributed by atoms with van der Waals surface area (Å²) >= 11 is 0. The van der Waals surface area contributed by atoms with Crippen LogP contribution in [0.25, 0.3) is 0 Å². The summed E-state index contributed by atoms with van der Waals surface area (Å²) in [6, 6.07) is 16.4. The molecule has 0 radical (unpaired) electrons. The summed E-state index contributed by atoms with van der Waals surface area (Å²) in [5, 5.41) is 18.8. The van der Waals surface area contributed by atoms with Crippen molar-refractivity contribution in [3.8, 4) is 12.1 Å². The first kappa shape index (κ1) is 26.3. The third kappa shape index (κ3) is 5.45. The highest BCUT2D eigenvalue weighted by atomic mass is 16.4. The second kappa shape index (κ2) is 11.2. The molecule has 2 aromatic carbocycles. The van der Waals surface area contributed by atoms with Gasteiger partial charge in [0.25, 0.3) is 5.91 Å². The maximum absolute atomic E-state index is 13.6. The zero-order chi connectivity index (χ0) is 27.5. The van der Waals surface area contributed by atoms with Gasteiger partial charge in [-0.3, -0.25) is 9.69 Å². The van der Waals surface area contributed by atoms with Crippen LogP contribution < -0.4 is 9.80 Å². The molecular formula is C30H33N7O2. The minimum Gasteiger partial charge on any atom is -0.424 e. The summed E-state index contributed by atoms with van der Waals surface area (Å²) in [5.74, 6) is 1.00. The first-order chi connectivity index (χ1) is 18.9. The minimum atomic E-state index is 0.0422. The van der Waals surface area contributed by atoms with Gasteiger partial charge in [-0.2, -0.15) is 10.5 Å². The van der Waals surface area contributed by atoms with Gasteiger partial charge >= 0.3 is 0 Å². The van der Waals surface area contributed by atoms with Crippen molar-refractivity contribution in [1.82, 2.24) is 14.8 Å². The maximum Gasteiger partial charge on any atom is 0.254 e. The van der Waals surface area contributed by atoms with Gasteiger partial charge in [0.05, 0.1) is 11.3 Å². The van der Waals surface area contributed by atoms with Crippen molar-refractivity contribution < 1.29 is 9.21 Å². The lowest BCUT2D eigenvalue weighted by atomic mass is 9.98. The standard InChI is InChI=1S/C30H33N7O2/c1-21-16-22(2)26(29(38)36-12-14-37(15-13-36)30-27(19-32)33-23(3)39-30)17-25(21)20-34-8-10-35(11-9-34)28-7-5-4-6-24(28)18-31/h4-7,16-17H,8-15,20H2,1-3H3. The second-order valence-electron chi connectivity index (χ2n) is 10.3. The van der Waals surface area contributed by atoms with Gasteiger partial charge in [-0.15, -0.1) is 0 Å². The Bertz CT molecular complexity index is 1450. The zero-order valence-electron chi connectivity index (χ0n) is 22.8. The summed E-state index contributed by atoms with van der Waals surface area (Å²) in [5.41, 5.74) is 6.10. The number of nitriles is 2. The number of carbonyl (C=O) groups is 1. The summed E-state index contributed by atoms with van der Waals surface area (Å²) < 4.78 is 5.66. The van der Waals surface area contributed by atoms with Crippen molar-refractivity contribution in [3.63, 3.8) is 0 Å². The highest BCUT2D eigenvalue weighted by molar-refractivity contribution is 5.96. The smallest absolute Gasteiger partial charge is 0.254 e. The van der Waals surface area contributed by atoms with Crippen molar-refractivity contribution in [3.05, 3.63) is 75.8 Å². The number of rotatable bonds is 5. The second-order valence-corrected chi connectivity index (χ2v) is 10.3. The van der Waals surface area contributed by atoms with Crippen LogP contribution in [-0.2, 0) is 6.54 Å². The van der Waals surface area contributed by atoms with Gasteiger partial charge in [0.2, 0.25) is 11.6 Å². The van der Waals surface area contributed by atoms with Crippen LogP contribution in [0.4, 0.5) is 11.6 Å². The van der Waals surface area contributed by atoms with E-state index in [1.54, 1.807) is 6.92 Å². The summed E-state index contributed by atoms with van der Waals surface area (Å²) in [6.07, 6.45) is 0. The summed E-state index contributed by atoms with van der Waals surface area (Å²) in [4.78, 5) is 26.3. The van der Waals surface area contributed by atoms with Crippen molar-refractivity contribution in [2.24, 2.45) is 0 Å². The number of oxazole rings is 1. The van der Waals surface area contributed by atoms with E-state index >= 15 is 0 Å². The minimum absolute atomic E-state index is 0.0422. The molecule has 0 N–H and O–H groups in total. The number of carbonyl (C=O) groups excluding carboxylic acids is 1. The molecule has 0 spiro atoms. The Morgan fingerprint density at radius 2 is 1.59 bits per heavy atom. The molecule has 0 unspecified atom stereocenters. The first-order valence-corrected chi connectivity index (χ1v) is 13.4. The molecule has 2 aliphatic heterocycles. The molecule has 200 valence electrons. The molecule has 3 aromatic rings. The Labute approximate surface area is 229 Å². The number of hydrogen-bond donors (Lipinski definition) is 0. The van der Waals surface area contributed by atoms with Gasteiger partial charge in [-0.25, -0.2) is 4.98 Å². The molecule has 2 saturated heterocycles. The van der Waals surface area contributed by atoms with Gasteiger partial charge in [0, 0.05) is 71.4 Å². The number of aryl methyl sites for hydroxylation is 3. The Hall–Kier alpha value is -4.34. The van der Waals surface area contributed by atoms with E-state index in [0.29, 0.717) is 49.2 Å². The average Bonchev–Trinajstić information content (AvgIpc) is 3.35. The van der Waals surface area contributed by atoms with E-state index in [-0.39, 0.29) is 5.91 Å². The third-order valence-electron chi connectivity index (χ3n) is 7.72. The molecule has 2 aliphatic rings. The Morgan fingerprint density at radius 3 is 2.28 bits per heavy atom. The van der Waals surface area contributed by atoms with Crippen LogP contribution in [0, 0.1) is 43.4 Å². The van der Waals surface area contributed by atoms with E-state index in [1.807, 2.05) is 41.0 Å². The van der Waals surface area contributed by atoms with Gasteiger partial charge in [0.1, 0.15) is 12.1 Å². The predicted octanol–water partition coefficient (Wildman–Crippen LogP) is 3.63. The van der Waals surface area contributed by atoms with Crippen LogP contribution in [0.5, 0.6) is 0 Å². The molecular weight excluding hydrogens is 490 g/mol. The molecule has 0 bridgehead atoms. The normalized spacial score (nSPS) is 16.2. The Balaban J connectivity index is 1.23. The van der Waals surface area contributed by atoms with E-state index in [9.17, 15) is 15.3 Å². The van der Waals surface area contributed by atoms with E-state index < -0.39 is 0 Å². The predicted molar refractivity (Wildman–Crippen MR) is 149 cm³/mol. The molecule has 1 amide bonds. The van der Waals surface area contributed by atoms with Crippen LogP contribution in [0.2, 0.25) is 0 Å². The van der Waals surface area contributed by atoms with Crippen LogP contribution in [0.3, 0.4) is 0 Å². The molecule has 39 heavy (non-hydrogen) atoms. The zero-order valence-corrected chi connectivity index (χ0v) is 22.8. The topological polar surface area (TPSA) is 104 Å². The van der Waals surface area contributed by atoms with E-state index in [0.717, 1.165) is 49.5 Å². The third-order valence-corrected chi connectivity index (χ3v) is 7.72. The lowest BCUT2D eigenvalue weighted by Crippen LogP contribution is -2.49. The first-order valence-electron chi connectivity index (χ1n) is 13.4. The fourth-order valence-electron chi connectivity index (χ4n) is 5.52. The van der Waals surface area contributed by atoms with Crippen molar-refractivity contribution >= 4 is 17.5 Å². The Morgan fingerprint density at radius 1 is 0.897 bits per heavy atom. The van der Waals surface area contributed by atoms with E-state index in [2.05, 4.69) is 46.0 Å². The highest BCUT2D eigenvalue weighted by Gasteiger charge is 2.28. The van der Waals surface area contributed by atoms with Gasteiger partial charge in [-0.05, 0) is 48.7 Å². The largest absolute Gasteiger partial charge is 0.424 e. The fraction of sp³-hybridized carbons (Fsp3) is 0.400. The van der Waals surface area contributed by atoms with Crippen molar-refractivity contribution in [2.45, 2.75) is 27.3 Å². The number of aromatic nitrogens is 1. The monoisotopic (exact) mass is 523 g/mol. The van der Waals surface area contributed by atoms with Crippen LogP contribution in [0.15, 0.2) is 40.8 Å². The lowest BCUT2D eigenvalue weighted by molar-refractivity contribution is 0.0744. The maximum atomic E-state index is 13.6. The molecule has 1 aromatic heterocycles. The molecule has 3 heterocycles. The van der Waals surface area contributed by atoms with Crippen LogP contribution >= 0.6 is 0 Å². The number of piperazine rings is 2. The fourth-order valence-corrected chi connectivity index (χ4v) is 5.52. The van der Waals surface area contributed by atoms with Crippen molar-refractivity contribution in [2.75, 3.05) is 62.2 Å². The van der Waals surface area contributed by atoms with Gasteiger partial charge in [0.15, 0.2) is 5.89 Å². The number of benzene rings is 2.